The Hall–Kier alpha value is -1.64. The van der Waals surface area contributed by atoms with Crippen LogP contribution >= 0.6 is 24.0 Å². The van der Waals surface area contributed by atoms with Gasteiger partial charge < -0.3 is 15.6 Å². The highest BCUT2D eigenvalue weighted by Gasteiger charge is 2.12. The van der Waals surface area contributed by atoms with Crippen molar-refractivity contribution in [1.29, 1.82) is 0 Å². The highest BCUT2D eigenvalue weighted by Crippen LogP contribution is 2.17. The molecule has 0 spiro atoms. The van der Waals surface area contributed by atoms with Crippen LogP contribution in [0.25, 0.3) is 5.69 Å². The predicted octanol–water partition coefficient (Wildman–Crippen LogP) is 3.76. The Morgan fingerprint density at radius 2 is 2.04 bits per heavy atom. The molecule has 0 atom stereocenters. The molecule has 1 fully saturated rings. The molecule has 136 valence electrons. The first-order valence-corrected chi connectivity index (χ1v) is 8.55. The lowest BCUT2D eigenvalue weighted by atomic mass is 10.1. The molecule has 3 N–H and O–H groups in total. The van der Waals surface area contributed by atoms with Gasteiger partial charge in [0.25, 0.3) is 0 Å². The second-order valence-electron chi connectivity index (χ2n) is 6.29. The predicted molar refractivity (Wildman–Crippen MR) is 109 cm³/mol. The molecule has 3 rings (SSSR count). The first kappa shape index (κ1) is 19.7. The summed E-state index contributed by atoms with van der Waals surface area (Å²) in [6, 6.07) is 5.51. The Kier molecular flexibility index (Phi) is 7.67. The van der Waals surface area contributed by atoms with Crippen molar-refractivity contribution in [2.75, 3.05) is 0 Å². The molecule has 0 unspecified atom stereocenters. The molecule has 0 saturated heterocycles. The average Bonchev–Trinajstić information content (AvgIpc) is 2.98. The number of hydrogen-bond acceptors (Lipinski definition) is 2. The average molecular weight is 457 g/mol. The maximum Gasteiger partial charge on any atom is 0.189 e. The molecular formula is C18H25FIN5. The minimum atomic E-state index is -0.295. The summed E-state index contributed by atoms with van der Waals surface area (Å²) in [5.74, 6) is 0.150. The number of aliphatic imine (C=N–C) groups is 1. The molecule has 1 aliphatic rings. The zero-order chi connectivity index (χ0) is 16.8. The number of nitrogens with zero attached hydrogens (tertiary/aromatic N) is 3. The van der Waals surface area contributed by atoms with Crippen molar-refractivity contribution < 1.29 is 4.39 Å². The first-order chi connectivity index (χ1) is 11.7. The minimum absolute atomic E-state index is 0. The van der Waals surface area contributed by atoms with Gasteiger partial charge in [-0.15, -0.1) is 24.0 Å². The highest BCUT2D eigenvalue weighted by molar-refractivity contribution is 14.0. The number of rotatable bonds is 4. The number of hydrogen-bond donors (Lipinski definition) is 2. The van der Waals surface area contributed by atoms with Crippen LogP contribution in [0.2, 0.25) is 0 Å². The fourth-order valence-electron chi connectivity index (χ4n) is 3.11. The van der Waals surface area contributed by atoms with Gasteiger partial charge in [-0.3, -0.25) is 0 Å². The van der Waals surface area contributed by atoms with Crippen LogP contribution in [0.4, 0.5) is 4.39 Å². The van der Waals surface area contributed by atoms with Crippen LogP contribution in [-0.2, 0) is 6.54 Å². The van der Waals surface area contributed by atoms with Gasteiger partial charge in [-0.25, -0.2) is 14.4 Å². The normalized spacial score (nSPS) is 16.1. The molecule has 1 aliphatic carbocycles. The summed E-state index contributed by atoms with van der Waals surface area (Å²) in [6.07, 6.45) is 12.3. The van der Waals surface area contributed by atoms with Crippen molar-refractivity contribution in [3.05, 3.63) is 48.3 Å². The fraction of sp³-hybridized carbons (Fsp3) is 0.444. The molecule has 7 heteroatoms. The standard InChI is InChI=1S/C18H24FN5.HI/c19-16-11-14(7-8-17(16)24-10-9-21-13-24)12-22-18(20)23-15-5-3-1-2-4-6-15;/h7-11,13,15H,1-6,12H2,(H3,20,22,23);1H. The smallest absolute Gasteiger partial charge is 0.189 e. The van der Waals surface area contributed by atoms with Crippen LogP contribution < -0.4 is 11.1 Å². The summed E-state index contributed by atoms with van der Waals surface area (Å²) in [5, 5.41) is 3.30. The van der Waals surface area contributed by atoms with Gasteiger partial charge in [0.2, 0.25) is 0 Å². The van der Waals surface area contributed by atoms with Crippen molar-refractivity contribution >= 4 is 29.9 Å². The van der Waals surface area contributed by atoms with Crippen LogP contribution in [0.5, 0.6) is 0 Å². The van der Waals surface area contributed by atoms with Crippen LogP contribution in [-0.4, -0.2) is 21.6 Å². The van der Waals surface area contributed by atoms with Crippen molar-refractivity contribution in [2.45, 2.75) is 51.1 Å². The number of imidazole rings is 1. The van der Waals surface area contributed by atoms with Gasteiger partial charge in [0.15, 0.2) is 5.96 Å². The van der Waals surface area contributed by atoms with E-state index in [1.807, 2.05) is 6.07 Å². The second-order valence-corrected chi connectivity index (χ2v) is 6.29. The number of benzene rings is 1. The summed E-state index contributed by atoms with van der Waals surface area (Å²) < 4.78 is 15.9. The Labute approximate surface area is 165 Å². The van der Waals surface area contributed by atoms with E-state index in [2.05, 4.69) is 15.3 Å². The second kappa shape index (κ2) is 9.74. The van der Waals surface area contributed by atoms with Gasteiger partial charge in [-0.1, -0.05) is 31.7 Å². The molecule has 0 radical (unpaired) electrons. The zero-order valence-electron chi connectivity index (χ0n) is 14.2. The van der Waals surface area contributed by atoms with Gasteiger partial charge in [0.1, 0.15) is 5.82 Å². The monoisotopic (exact) mass is 457 g/mol. The first-order valence-electron chi connectivity index (χ1n) is 8.55. The van der Waals surface area contributed by atoms with E-state index in [1.54, 1.807) is 29.4 Å². The molecule has 0 aliphatic heterocycles. The van der Waals surface area contributed by atoms with Gasteiger partial charge in [-0.2, -0.15) is 0 Å². The molecule has 0 bridgehead atoms. The molecule has 2 aromatic rings. The molecule has 5 nitrogen and oxygen atoms in total. The Morgan fingerprint density at radius 3 is 2.68 bits per heavy atom. The molecule has 1 heterocycles. The van der Waals surface area contributed by atoms with E-state index in [0.717, 1.165) is 18.4 Å². The number of aromatic nitrogens is 2. The molecule has 1 aromatic carbocycles. The zero-order valence-corrected chi connectivity index (χ0v) is 16.5. The molecular weight excluding hydrogens is 432 g/mol. The van der Waals surface area contributed by atoms with Crippen LogP contribution in [0.15, 0.2) is 41.9 Å². The summed E-state index contributed by atoms with van der Waals surface area (Å²) >= 11 is 0. The summed E-state index contributed by atoms with van der Waals surface area (Å²) in [6.45, 7) is 0.368. The third-order valence-electron chi connectivity index (χ3n) is 4.43. The topological polar surface area (TPSA) is 68.2 Å². The number of halogens is 2. The van der Waals surface area contributed by atoms with E-state index in [9.17, 15) is 4.39 Å². The molecule has 1 aromatic heterocycles. The van der Waals surface area contributed by atoms with E-state index >= 15 is 0 Å². The molecule has 25 heavy (non-hydrogen) atoms. The number of nitrogens with two attached hydrogens (primary N) is 1. The van der Waals surface area contributed by atoms with Crippen LogP contribution in [0, 0.1) is 5.82 Å². The summed E-state index contributed by atoms with van der Waals surface area (Å²) in [7, 11) is 0. The lowest BCUT2D eigenvalue weighted by Gasteiger charge is -2.16. The quantitative estimate of drug-likeness (QED) is 0.318. The van der Waals surface area contributed by atoms with Gasteiger partial charge in [0.05, 0.1) is 18.6 Å². The minimum Gasteiger partial charge on any atom is -0.370 e. The van der Waals surface area contributed by atoms with E-state index < -0.39 is 0 Å². The van der Waals surface area contributed by atoms with E-state index in [-0.39, 0.29) is 29.8 Å². The Bertz CT molecular complexity index is 679. The maximum absolute atomic E-state index is 14.2. The van der Waals surface area contributed by atoms with Crippen LogP contribution in [0.1, 0.15) is 44.1 Å². The van der Waals surface area contributed by atoms with Crippen molar-refractivity contribution in [3.63, 3.8) is 0 Å². The third kappa shape index (κ3) is 5.69. The maximum atomic E-state index is 14.2. The van der Waals surface area contributed by atoms with Gasteiger partial charge in [-0.05, 0) is 30.5 Å². The molecule has 1 saturated carbocycles. The van der Waals surface area contributed by atoms with Crippen LogP contribution in [0.3, 0.4) is 0 Å². The Morgan fingerprint density at radius 1 is 1.28 bits per heavy atom. The lowest BCUT2D eigenvalue weighted by Crippen LogP contribution is -2.39. The van der Waals surface area contributed by atoms with Crippen molar-refractivity contribution in [1.82, 2.24) is 14.9 Å². The van der Waals surface area contributed by atoms with Crippen molar-refractivity contribution in [2.24, 2.45) is 10.7 Å². The number of nitrogens with one attached hydrogen (secondary N) is 1. The summed E-state index contributed by atoms with van der Waals surface area (Å²) in [5.41, 5.74) is 7.25. The SMILES string of the molecule is I.NC(=NCc1ccc(-n2ccnc2)c(F)c1)NC1CCCCCC1. The molecule has 0 amide bonds. The fourth-order valence-corrected chi connectivity index (χ4v) is 3.11. The largest absolute Gasteiger partial charge is 0.370 e. The lowest BCUT2D eigenvalue weighted by molar-refractivity contribution is 0.530. The van der Waals surface area contributed by atoms with E-state index in [0.29, 0.717) is 24.2 Å². The Balaban J connectivity index is 0.00000225. The summed E-state index contributed by atoms with van der Waals surface area (Å²) in [4.78, 5) is 8.28. The van der Waals surface area contributed by atoms with Gasteiger partial charge >= 0.3 is 0 Å². The van der Waals surface area contributed by atoms with Crippen molar-refractivity contribution in [3.8, 4) is 5.69 Å². The third-order valence-corrected chi connectivity index (χ3v) is 4.43. The van der Waals surface area contributed by atoms with E-state index in [4.69, 9.17) is 5.73 Å². The highest BCUT2D eigenvalue weighted by atomic mass is 127. The van der Waals surface area contributed by atoms with Gasteiger partial charge in [0, 0.05) is 18.4 Å². The number of guanidine groups is 1. The van der Waals surface area contributed by atoms with E-state index in [1.165, 1.54) is 31.7 Å².